The maximum atomic E-state index is 10.9. The van der Waals surface area contributed by atoms with Crippen molar-refractivity contribution in [1.82, 2.24) is 5.32 Å². The molecule has 0 saturated carbocycles. The Labute approximate surface area is 84.1 Å². The number of nitriles is 1. The summed E-state index contributed by atoms with van der Waals surface area (Å²) in [6.45, 7) is 0.431. The van der Waals surface area contributed by atoms with Gasteiger partial charge in [-0.25, -0.2) is 0 Å². The van der Waals surface area contributed by atoms with Crippen molar-refractivity contribution in [1.29, 1.82) is 5.26 Å². The summed E-state index contributed by atoms with van der Waals surface area (Å²) in [6, 6.07) is 8.99. The molecule has 0 aliphatic carbocycles. The maximum absolute atomic E-state index is 10.9. The minimum Gasteiger partial charge on any atom is -0.351 e. The summed E-state index contributed by atoms with van der Waals surface area (Å²) in [5.41, 5.74) is 1.66. The van der Waals surface area contributed by atoms with E-state index in [4.69, 9.17) is 13.1 Å². The average molecular weight is 184 g/mol. The fraction of sp³-hybridized carbons (Fsp3) is 0.200. The van der Waals surface area contributed by atoms with Gasteiger partial charge in [-0.2, -0.15) is 5.26 Å². The van der Waals surface area contributed by atoms with E-state index >= 15 is 0 Å². The van der Waals surface area contributed by atoms with Crippen LogP contribution in [0.25, 0.3) is 0 Å². The molecule has 0 spiro atoms. The van der Waals surface area contributed by atoms with Gasteiger partial charge in [0, 0.05) is 6.54 Å². The van der Waals surface area contributed by atoms with Gasteiger partial charge in [0.25, 0.3) is 0 Å². The highest BCUT2D eigenvalue weighted by Gasteiger charge is 1.98. The molecule has 1 aromatic carbocycles. The van der Waals surface area contributed by atoms with Crippen LogP contribution in [0.2, 0.25) is 0 Å². The minimum absolute atomic E-state index is 0.102. The van der Waals surface area contributed by atoms with Gasteiger partial charge in [-0.1, -0.05) is 29.7 Å². The van der Waals surface area contributed by atoms with Gasteiger partial charge in [0.1, 0.15) is 14.3 Å². The summed E-state index contributed by atoms with van der Waals surface area (Å²) in [5, 5.41) is 10.9. The monoisotopic (exact) mass is 184 g/mol. The number of benzene rings is 1. The first-order valence-electron chi connectivity index (χ1n) is 4.20. The van der Waals surface area contributed by atoms with Crippen molar-refractivity contribution in [2.45, 2.75) is 13.0 Å². The molecule has 0 saturated heterocycles. The van der Waals surface area contributed by atoms with E-state index in [9.17, 15) is 4.79 Å². The predicted molar refractivity (Wildman–Crippen MR) is 53.9 cm³/mol. The lowest BCUT2D eigenvalue weighted by molar-refractivity contribution is -0.120. The van der Waals surface area contributed by atoms with Crippen LogP contribution in [0.1, 0.15) is 12.0 Å². The van der Waals surface area contributed by atoms with Crippen LogP contribution in [-0.4, -0.2) is 13.8 Å². The highest BCUT2D eigenvalue weighted by molar-refractivity contribution is 6.32. The van der Waals surface area contributed by atoms with Crippen LogP contribution in [-0.2, 0) is 11.3 Å². The molecule has 14 heavy (non-hydrogen) atoms. The second kappa shape index (κ2) is 5.08. The Bertz CT molecular complexity index is 353. The third kappa shape index (κ3) is 3.32. The molecule has 1 N–H and O–H groups in total. The van der Waals surface area contributed by atoms with Gasteiger partial charge in [0.15, 0.2) is 0 Å². The van der Waals surface area contributed by atoms with Gasteiger partial charge in [-0.3, -0.25) is 4.79 Å². The highest BCUT2D eigenvalue weighted by atomic mass is 16.1. The summed E-state index contributed by atoms with van der Waals surface area (Å²) in [7, 11) is 5.50. The average Bonchev–Trinajstić information content (AvgIpc) is 2.17. The van der Waals surface area contributed by atoms with Crippen LogP contribution in [0.4, 0.5) is 0 Å². The first kappa shape index (κ1) is 10.3. The van der Waals surface area contributed by atoms with Gasteiger partial charge >= 0.3 is 0 Å². The van der Waals surface area contributed by atoms with Crippen molar-refractivity contribution in [3.05, 3.63) is 29.8 Å². The largest absolute Gasteiger partial charge is 0.351 e. The smallest absolute Gasteiger partial charge is 0.234 e. The zero-order chi connectivity index (χ0) is 10.4. The third-order valence-corrected chi connectivity index (χ3v) is 1.71. The fourth-order valence-electron chi connectivity index (χ4n) is 0.970. The van der Waals surface area contributed by atoms with E-state index in [0.717, 1.165) is 5.56 Å². The maximum Gasteiger partial charge on any atom is 0.234 e. The number of rotatable bonds is 3. The van der Waals surface area contributed by atoms with Crippen molar-refractivity contribution in [3.8, 4) is 6.07 Å². The Morgan fingerprint density at radius 3 is 2.64 bits per heavy atom. The Hall–Kier alpha value is -1.76. The summed E-state index contributed by atoms with van der Waals surface area (Å²) in [6.07, 6.45) is -0.102. The van der Waals surface area contributed by atoms with Gasteiger partial charge < -0.3 is 5.32 Å². The van der Waals surface area contributed by atoms with Gasteiger partial charge in [-0.15, -0.1) is 0 Å². The van der Waals surface area contributed by atoms with E-state index in [-0.39, 0.29) is 12.3 Å². The molecule has 4 heteroatoms. The Morgan fingerprint density at radius 1 is 1.43 bits per heavy atom. The Balaban J connectivity index is 2.43. The quantitative estimate of drug-likeness (QED) is 0.672. The molecule has 68 valence electrons. The molecular weight excluding hydrogens is 175 g/mol. The molecule has 0 atom stereocenters. The van der Waals surface area contributed by atoms with Gasteiger partial charge in [-0.05, 0) is 5.56 Å². The molecule has 0 fully saturated rings. The summed E-state index contributed by atoms with van der Waals surface area (Å²) in [5.74, 6) is -0.260. The van der Waals surface area contributed by atoms with Crippen LogP contribution in [0.15, 0.2) is 24.3 Å². The number of carbonyl (C=O) groups excluding carboxylic acids is 1. The van der Waals surface area contributed by atoms with E-state index in [1.54, 1.807) is 18.2 Å². The van der Waals surface area contributed by atoms with Gasteiger partial charge in [0.05, 0.1) is 6.07 Å². The summed E-state index contributed by atoms with van der Waals surface area (Å²) < 4.78 is 0. The molecular formula is C10H9BN2O. The lowest BCUT2D eigenvalue weighted by atomic mass is 9.95. The zero-order valence-electron chi connectivity index (χ0n) is 7.66. The van der Waals surface area contributed by atoms with Crippen LogP contribution >= 0.6 is 0 Å². The highest BCUT2D eigenvalue weighted by Crippen LogP contribution is 1.95. The number of hydrogen-bond acceptors (Lipinski definition) is 2. The second-order valence-corrected chi connectivity index (χ2v) is 2.85. The van der Waals surface area contributed by atoms with E-state index in [0.29, 0.717) is 12.0 Å². The normalized spacial score (nSPS) is 9.07. The van der Waals surface area contributed by atoms with E-state index < -0.39 is 0 Å². The Kier molecular flexibility index (Phi) is 3.75. The molecule has 3 nitrogen and oxygen atoms in total. The molecule has 0 unspecified atom stereocenters. The molecule has 0 aliphatic heterocycles. The number of hydrogen-bond donors (Lipinski definition) is 1. The lowest BCUT2D eigenvalue weighted by Gasteiger charge is -2.03. The number of nitrogens with one attached hydrogen (secondary N) is 1. The fourth-order valence-corrected chi connectivity index (χ4v) is 0.970. The van der Waals surface area contributed by atoms with Gasteiger partial charge in [0.2, 0.25) is 5.91 Å². The van der Waals surface area contributed by atoms with Crippen molar-refractivity contribution in [2.24, 2.45) is 0 Å². The molecule has 0 bridgehead atoms. The first-order chi connectivity index (χ1) is 6.72. The summed E-state index contributed by atoms with van der Waals surface area (Å²) >= 11 is 0. The third-order valence-electron chi connectivity index (χ3n) is 1.71. The lowest BCUT2D eigenvalue weighted by Crippen LogP contribution is -2.22. The predicted octanol–water partition coefficient (Wildman–Crippen LogP) is 0.0103. The molecule has 1 rings (SSSR count). The second-order valence-electron chi connectivity index (χ2n) is 2.85. The van der Waals surface area contributed by atoms with E-state index in [2.05, 4.69) is 5.32 Å². The van der Waals surface area contributed by atoms with Crippen molar-refractivity contribution in [2.75, 3.05) is 0 Å². The van der Waals surface area contributed by atoms with Crippen LogP contribution in [0.5, 0.6) is 0 Å². The van der Waals surface area contributed by atoms with Crippen molar-refractivity contribution in [3.63, 3.8) is 0 Å². The van der Waals surface area contributed by atoms with Crippen LogP contribution in [0, 0.1) is 11.3 Å². The molecule has 0 aliphatic rings. The minimum atomic E-state index is -0.260. The van der Waals surface area contributed by atoms with Crippen LogP contribution in [0.3, 0.4) is 0 Å². The zero-order valence-corrected chi connectivity index (χ0v) is 7.66. The number of nitrogens with zero attached hydrogens (tertiary/aromatic N) is 1. The van der Waals surface area contributed by atoms with E-state index in [1.165, 1.54) is 0 Å². The molecule has 2 radical (unpaired) electrons. The SMILES string of the molecule is [B]c1ccc(CNC(=O)CC#N)cc1. The van der Waals surface area contributed by atoms with E-state index in [1.807, 2.05) is 12.1 Å². The topological polar surface area (TPSA) is 52.9 Å². The Morgan fingerprint density at radius 2 is 2.07 bits per heavy atom. The molecule has 0 aromatic heterocycles. The standard InChI is InChI=1S/C10H9BN2O/c11-9-3-1-8(2-4-9)7-13-10(14)5-6-12/h1-4H,5,7H2,(H,13,14). The molecule has 1 amide bonds. The molecule has 1 aromatic rings. The van der Waals surface area contributed by atoms with Crippen LogP contribution < -0.4 is 10.8 Å². The first-order valence-corrected chi connectivity index (χ1v) is 4.20. The molecule has 0 heterocycles. The number of amides is 1. The van der Waals surface area contributed by atoms with Crippen molar-refractivity contribution < 1.29 is 4.79 Å². The number of carbonyl (C=O) groups is 1. The summed E-state index contributed by atoms with van der Waals surface area (Å²) in [4.78, 5) is 10.9. The van der Waals surface area contributed by atoms with Crippen molar-refractivity contribution >= 4 is 19.2 Å².